The summed E-state index contributed by atoms with van der Waals surface area (Å²) in [5.41, 5.74) is 3.78. The zero-order valence-electron chi connectivity index (χ0n) is 16.4. The first kappa shape index (κ1) is 19.0. The molecule has 7 nitrogen and oxygen atoms in total. The molecular weight excluding hydrogens is 378 g/mol. The maximum atomic E-state index is 12.9. The van der Waals surface area contributed by atoms with E-state index in [0.29, 0.717) is 19.4 Å². The summed E-state index contributed by atoms with van der Waals surface area (Å²) >= 11 is 0. The van der Waals surface area contributed by atoms with Crippen LogP contribution in [0, 0.1) is 13.8 Å². The lowest BCUT2D eigenvalue weighted by atomic mass is 10.1. The Balaban J connectivity index is 1.48. The Bertz CT molecular complexity index is 1000. The van der Waals surface area contributed by atoms with Crippen LogP contribution in [0.15, 0.2) is 24.3 Å². The number of hydrogen-bond acceptors (Lipinski definition) is 5. The Morgan fingerprint density at radius 3 is 2.75 bits per heavy atom. The summed E-state index contributed by atoms with van der Waals surface area (Å²) in [4.78, 5) is 14.6. The molecular formula is C20H25N3O4S. The van der Waals surface area contributed by atoms with Gasteiger partial charge >= 0.3 is 0 Å². The van der Waals surface area contributed by atoms with Crippen molar-refractivity contribution in [2.24, 2.45) is 0 Å². The predicted molar refractivity (Wildman–Crippen MR) is 105 cm³/mol. The Hall–Kier alpha value is -2.35. The van der Waals surface area contributed by atoms with Gasteiger partial charge in [0.25, 0.3) is 5.91 Å². The van der Waals surface area contributed by atoms with E-state index in [9.17, 15) is 13.2 Å². The van der Waals surface area contributed by atoms with E-state index in [0.717, 1.165) is 28.3 Å². The summed E-state index contributed by atoms with van der Waals surface area (Å²) in [6.07, 6.45) is 0.668. The highest BCUT2D eigenvalue weighted by atomic mass is 32.2. The van der Waals surface area contributed by atoms with Gasteiger partial charge < -0.3 is 9.64 Å². The molecule has 8 heteroatoms. The van der Waals surface area contributed by atoms with Crippen LogP contribution >= 0.6 is 0 Å². The van der Waals surface area contributed by atoms with Gasteiger partial charge in [-0.1, -0.05) is 18.2 Å². The van der Waals surface area contributed by atoms with Crippen molar-refractivity contribution in [1.29, 1.82) is 0 Å². The predicted octanol–water partition coefficient (Wildman–Crippen LogP) is 1.82. The van der Waals surface area contributed by atoms with Crippen LogP contribution in [0.2, 0.25) is 0 Å². The fraction of sp³-hybridized carbons (Fsp3) is 0.500. The Morgan fingerprint density at radius 2 is 2.07 bits per heavy atom. The smallest absolute Gasteiger partial charge is 0.264 e. The zero-order valence-corrected chi connectivity index (χ0v) is 17.2. The van der Waals surface area contributed by atoms with Gasteiger partial charge in [0, 0.05) is 31.3 Å². The zero-order chi connectivity index (χ0) is 20.1. The van der Waals surface area contributed by atoms with E-state index in [4.69, 9.17) is 4.74 Å². The standard InChI is InChI=1S/C20H25N3O4S/c1-13-17(14(2)23(21-13)16-8-9-28(25,26)12-16)11-22(3)20(24)19-10-15-6-4-5-7-18(15)27-19/h4-7,16,19H,8-12H2,1-3H3/t16-,19+/m0/s1. The molecule has 0 aliphatic carbocycles. The van der Waals surface area contributed by atoms with Crippen molar-refractivity contribution in [2.75, 3.05) is 18.6 Å². The average molecular weight is 404 g/mol. The molecule has 2 atom stereocenters. The van der Waals surface area contributed by atoms with Gasteiger partial charge in [-0.3, -0.25) is 9.48 Å². The molecule has 4 rings (SSSR count). The van der Waals surface area contributed by atoms with E-state index < -0.39 is 15.9 Å². The molecule has 2 aromatic rings. The number of nitrogens with zero attached hydrogens (tertiary/aromatic N) is 3. The normalized spacial score (nSPS) is 22.7. The largest absolute Gasteiger partial charge is 0.480 e. The van der Waals surface area contributed by atoms with Crippen LogP contribution in [-0.2, 0) is 27.6 Å². The number of fused-ring (bicyclic) bond motifs is 1. The van der Waals surface area contributed by atoms with Gasteiger partial charge in [0.05, 0.1) is 23.2 Å². The average Bonchev–Trinajstić information content (AvgIpc) is 3.32. The molecule has 0 radical (unpaired) electrons. The van der Waals surface area contributed by atoms with Crippen LogP contribution in [-0.4, -0.2) is 53.7 Å². The molecule has 0 N–H and O–H groups in total. The van der Waals surface area contributed by atoms with E-state index in [2.05, 4.69) is 5.10 Å². The quantitative estimate of drug-likeness (QED) is 0.778. The highest BCUT2D eigenvalue weighted by Crippen LogP contribution is 2.30. The van der Waals surface area contributed by atoms with Crippen molar-refractivity contribution < 1.29 is 17.9 Å². The molecule has 1 aromatic carbocycles. The summed E-state index contributed by atoms with van der Waals surface area (Å²) in [7, 11) is -1.21. The van der Waals surface area contributed by atoms with E-state index in [1.54, 1.807) is 11.9 Å². The number of hydrogen-bond donors (Lipinski definition) is 0. The van der Waals surface area contributed by atoms with Crippen molar-refractivity contribution >= 4 is 15.7 Å². The third-order valence-corrected chi connectivity index (χ3v) is 7.47. The van der Waals surface area contributed by atoms with Gasteiger partial charge in [-0.2, -0.15) is 5.10 Å². The van der Waals surface area contributed by atoms with E-state index in [1.807, 2.05) is 42.8 Å². The maximum absolute atomic E-state index is 12.9. The summed E-state index contributed by atoms with van der Waals surface area (Å²) in [6, 6.07) is 7.60. The third kappa shape index (κ3) is 3.41. The number of aryl methyl sites for hydroxylation is 1. The first-order valence-corrected chi connectivity index (χ1v) is 11.3. The molecule has 1 fully saturated rings. The van der Waals surface area contributed by atoms with Crippen LogP contribution < -0.4 is 4.74 Å². The molecule has 2 aliphatic rings. The summed E-state index contributed by atoms with van der Waals surface area (Å²) in [5.74, 6) is 1.06. The van der Waals surface area contributed by atoms with Gasteiger partial charge in [-0.15, -0.1) is 0 Å². The fourth-order valence-electron chi connectivity index (χ4n) is 4.13. The Kier molecular flexibility index (Phi) is 4.69. The van der Waals surface area contributed by atoms with E-state index in [1.165, 1.54) is 0 Å². The van der Waals surface area contributed by atoms with Gasteiger partial charge in [0.1, 0.15) is 5.75 Å². The molecule has 0 saturated carbocycles. The lowest BCUT2D eigenvalue weighted by Gasteiger charge is -2.21. The molecule has 150 valence electrons. The van der Waals surface area contributed by atoms with Gasteiger partial charge in [0.2, 0.25) is 0 Å². The minimum atomic E-state index is -2.98. The number of likely N-dealkylation sites (N-methyl/N-ethyl adjacent to an activating group) is 1. The SMILES string of the molecule is Cc1nn([C@H]2CCS(=O)(=O)C2)c(C)c1CN(C)C(=O)[C@H]1Cc2ccccc2O1. The van der Waals surface area contributed by atoms with Crippen molar-refractivity contribution in [2.45, 2.75) is 45.4 Å². The van der Waals surface area contributed by atoms with Crippen molar-refractivity contribution in [3.05, 3.63) is 46.8 Å². The number of ether oxygens (including phenoxy) is 1. The maximum Gasteiger partial charge on any atom is 0.264 e. The number of benzene rings is 1. The number of aromatic nitrogens is 2. The molecule has 1 saturated heterocycles. The number of carbonyl (C=O) groups is 1. The molecule has 1 amide bonds. The van der Waals surface area contributed by atoms with E-state index >= 15 is 0 Å². The second-order valence-electron chi connectivity index (χ2n) is 7.76. The number of sulfone groups is 1. The number of amides is 1. The summed E-state index contributed by atoms with van der Waals surface area (Å²) in [5, 5.41) is 4.58. The monoisotopic (exact) mass is 403 g/mol. The molecule has 0 spiro atoms. The first-order chi connectivity index (χ1) is 13.2. The second kappa shape index (κ2) is 6.92. The van der Waals surface area contributed by atoms with Crippen LogP contribution in [0.3, 0.4) is 0 Å². The van der Waals surface area contributed by atoms with Crippen molar-refractivity contribution in [3.8, 4) is 5.75 Å². The highest BCUT2D eigenvalue weighted by molar-refractivity contribution is 7.91. The summed E-state index contributed by atoms with van der Waals surface area (Å²) in [6.45, 7) is 4.27. The highest BCUT2D eigenvalue weighted by Gasteiger charge is 2.33. The van der Waals surface area contributed by atoms with Gasteiger partial charge in [-0.25, -0.2) is 8.42 Å². The van der Waals surface area contributed by atoms with Gasteiger partial charge in [-0.05, 0) is 31.9 Å². The first-order valence-electron chi connectivity index (χ1n) is 9.49. The molecule has 1 aromatic heterocycles. The minimum absolute atomic E-state index is 0.0637. The lowest BCUT2D eigenvalue weighted by Crippen LogP contribution is -2.38. The minimum Gasteiger partial charge on any atom is -0.480 e. The number of rotatable bonds is 4. The molecule has 2 aliphatic heterocycles. The van der Waals surface area contributed by atoms with Crippen molar-refractivity contribution in [1.82, 2.24) is 14.7 Å². The van der Waals surface area contributed by atoms with Crippen LogP contribution in [0.1, 0.15) is 35.0 Å². The van der Waals surface area contributed by atoms with Crippen molar-refractivity contribution in [3.63, 3.8) is 0 Å². The Labute approximate surface area is 165 Å². The molecule has 3 heterocycles. The van der Waals surface area contributed by atoms with E-state index in [-0.39, 0.29) is 23.5 Å². The third-order valence-electron chi connectivity index (χ3n) is 5.72. The topological polar surface area (TPSA) is 81.5 Å². The second-order valence-corrected chi connectivity index (χ2v) is 9.99. The Morgan fingerprint density at radius 1 is 1.32 bits per heavy atom. The van der Waals surface area contributed by atoms with Crippen LogP contribution in [0.4, 0.5) is 0 Å². The van der Waals surface area contributed by atoms with Crippen LogP contribution in [0.5, 0.6) is 5.75 Å². The number of para-hydroxylation sites is 1. The molecule has 0 unspecified atom stereocenters. The number of carbonyl (C=O) groups excluding carboxylic acids is 1. The molecule has 0 bridgehead atoms. The van der Waals surface area contributed by atoms with Crippen LogP contribution in [0.25, 0.3) is 0 Å². The fourth-order valence-corrected chi connectivity index (χ4v) is 5.82. The molecule has 28 heavy (non-hydrogen) atoms. The van der Waals surface area contributed by atoms with Gasteiger partial charge in [0.15, 0.2) is 15.9 Å². The summed E-state index contributed by atoms with van der Waals surface area (Å²) < 4.78 is 31.3. The lowest BCUT2D eigenvalue weighted by molar-refractivity contribution is -0.137.